The lowest BCUT2D eigenvalue weighted by Crippen LogP contribution is -2.49. The van der Waals surface area contributed by atoms with Crippen molar-refractivity contribution < 1.29 is 19.6 Å². The fraction of sp³-hybridized carbons (Fsp3) is 0.842. The predicted octanol–water partition coefficient (Wildman–Crippen LogP) is 1.99. The van der Waals surface area contributed by atoms with Crippen molar-refractivity contribution in [2.24, 2.45) is 17.3 Å². The molecule has 0 aromatic rings. The second-order valence-corrected chi connectivity index (χ2v) is 8.74. The van der Waals surface area contributed by atoms with Crippen LogP contribution in [0.25, 0.3) is 0 Å². The smallest absolute Gasteiger partial charge is 0.244 e. The van der Waals surface area contributed by atoms with E-state index in [0.717, 1.165) is 19.3 Å². The van der Waals surface area contributed by atoms with E-state index in [1.54, 1.807) is 19.0 Å². The van der Waals surface area contributed by atoms with Gasteiger partial charge in [-0.25, -0.2) is 5.06 Å². The van der Waals surface area contributed by atoms with Gasteiger partial charge in [-0.2, -0.15) is 0 Å². The van der Waals surface area contributed by atoms with Crippen LogP contribution in [0, 0.1) is 17.3 Å². The summed E-state index contributed by atoms with van der Waals surface area (Å²) in [4.78, 5) is 39.9. The van der Waals surface area contributed by atoms with Gasteiger partial charge >= 0.3 is 0 Å². The van der Waals surface area contributed by atoms with Crippen molar-refractivity contribution in [3.05, 3.63) is 0 Å². The first-order valence-electron chi connectivity index (χ1n) is 9.44. The van der Waals surface area contributed by atoms with Crippen LogP contribution in [-0.4, -0.2) is 71.5 Å². The number of unbranched alkanes of at least 4 members (excludes halogenated alkanes) is 1. The number of likely N-dealkylation sites (N-methyl/N-ethyl adjacent to an activating group) is 1. The molecule has 0 saturated carbocycles. The second kappa shape index (κ2) is 9.35. The lowest BCUT2D eigenvalue weighted by Gasteiger charge is -2.34. The lowest BCUT2D eigenvalue weighted by atomic mass is 9.87. The third-order valence-electron chi connectivity index (χ3n) is 4.94. The molecule has 0 bridgehead atoms. The molecule has 0 radical (unpaired) electrons. The van der Waals surface area contributed by atoms with Crippen LogP contribution in [0.2, 0.25) is 0 Å². The zero-order chi connectivity index (χ0) is 20.1. The Morgan fingerprint density at radius 1 is 1.38 bits per heavy atom. The normalized spacial score (nSPS) is 21.7. The molecule has 1 aliphatic heterocycles. The Morgan fingerprint density at radius 2 is 2.00 bits per heavy atom. The number of hydrogen-bond donors (Lipinski definition) is 1. The minimum Gasteiger partial charge on any atom is -0.347 e. The number of hydrogen-bond acceptors (Lipinski definition) is 4. The van der Waals surface area contributed by atoms with Crippen LogP contribution in [0.4, 0.5) is 0 Å². The van der Waals surface area contributed by atoms with Gasteiger partial charge in [0.2, 0.25) is 18.2 Å². The molecule has 3 unspecified atom stereocenters. The predicted molar refractivity (Wildman–Crippen MR) is 99.3 cm³/mol. The maximum absolute atomic E-state index is 13.1. The average Bonchev–Trinajstić information content (AvgIpc) is 2.85. The van der Waals surface area contributed by atoms with E-state index in [1.165, 1.54) is 4.90 Å². The molecule has 3 amide bonds. The van der Waals surface area contributed by atoms with Crippen molar-refractivity contribution in [3.63, 3.8) is 0 Å². The maximum atomic E-state index is 13.1. The standard InChI is InChI=1S/C19H35N3O4/c1-7-8-9-14-11-22(17(24)15(14)12-21(26)13-23)16(10-19(2,3)4)18(25)20(5)6/h13-16,26H,7-12H2,1-6H3. The van der Waals surface area contributed by atoms with Crippen molar-refractivity contribution in [2.75, 3.05) is 27.2 Å². The maximum Gasteiger partial charge on any atom is 0.244 e. The number of rotatable bonds is 9. The van der Waals surface area contributed by atoms with Gasteiger partial charge in [0.25, 0.3) is 0 Å². The molecule has 1 saturated heterocycles. The summed E-state index contributed by atoms with van der Waals surface area (Å²) in [6.45, 7) is 8.72. The van der Waals surface area contributed by atoms with Gasteiger partial charge in [-0.15, -0.1) is 0 Å². The van der Waals surface area contributed by atoms with Crippen LogP contribution in [0.3, 0.4) is 0 Å². The summed E-state index contributed by atoms with van der Waals surface area (Å²) in [6.07, 6.45) is 3.72. The first kappa shape index (κ1) is 22.4. The fourth-order valence-corrected chi connectivity index (χ4v) is 3.60. The van der Waals surface area contributed by atoms with Gasteiger partial charge in [-0.3, -0.25) is 19.6 Å². The Hall–Kier alpha value is -1.63. The average molecular weight is 370 g/mol. The Balaban J connectivity index is 3.11. The summed E-state index contributed by atoms with van der Waals surface area (Å²) >= 11 is 0. The monoisotopic (exact) mass is 369 g/mol. The van der Waals surface area contributed by atoms with Crippen LogP contribution < -0.4 is 0 Å². The molecular weight excluding hydrogens is 334 g/mol. The van der Waals surface area contributed by atoms with Gasteiger partial charge in [0.1, 0.15) is 6.04 Å². The molecule has 1 fully saturated rings. The summed E-state index contributed by atoms with van der Waals surface area (Å²) in [5, 5.41) is 10.1. The van der Waals surface area contributed by atoms with E-state index in [-0.39, 0.29) is 29.7 Å². The molecule has 1 aliphatic rings. The SMILES string of the molecule is CCCCC1CN(C(CC(C)(C)C)C(=O)N(C)C)C(=O)C1CN(O)C=O. The van der Waals surface area contributed by atoms with Crippen LogP contribution in [0.5, 0.6) is 0 Å². The largest absolute Gasteiger partial charge is 0.347 e. The number of hydroxylamine groups is 2. The van der Waals surface area contributed by atoms with E-state index < -0.39 is 12.0 Å². The Bertz CT molecular complexity index is 502. The molecule has 0 spiro atoms. The quantitative estimate of drug-likeness (QED) is 0.383. The van der Waals surface area contributed by atoms with Crippen LogP contribution >= 0.6 is 0 Å². The fourth-order valence-electron chi connectivity index (χ4n) is 3.60. The Labute approximate surface area is 157 Å². The van der Waals surface area contributed by atoms with Crippen LogP contribution in [0.15, 0.2) is 0 Å². The van der Waals surface area contributed by atoms with Gasteiger partial charge in [0.05, 0.1) is 12.5 Å². The highest BCUT2D eigenvalue weighted by Crippen LogP contribution is 2.34. The molecule has 26 heavy (non-hydrogen) atoms. The van der Waals surface area contributed by atoms with Crippen LogP contribution in [0.1, 0.15) is 53.4 Å². The van der Waals surface area contributed by atoms with Gasteiger partial charge in [0, 0.05) is 20.6 Å². The number of carbonyl (C=O) groups is 3. The summed E-state index contributed by atoms with van der Waals surface area (Å²) in [5.41, 5.74) is -0.112. The molecule has 150 valence electrons. The molecular formula is C19H35N3O4. The van der Waals surface area contributed by atoms with Gasteiger partial charge < -0.3 is 9.80 Å². The van der Waals surface area contributed by atoms with Gasteiger partial charge in [0.15, 0.2) is 0 Å². The lowest BCUT2D eigenvalue weighted by molar-refractivity contribution is -0.156. The highest BCUT2D eigenvalue weighted by molar-refractivity contribution is 5.90. The van der Waals surface area contributed by atoms with Crippen molar-refractivity contribution in [3.8, 4) is 0 Å². The zero-order valence-electron chi connectivity index (χ0n) is 17.1. The first-order chi connectivity index (χ1) is 12.0. The molecule has 1 N–H and O–H groups in total. The number of nitrogens with zero attached hydrogens (tertiary/aromatic N) is 3. The summed E-state index contributed by atoms with van der Waals surface area (Å²) in [5.74, 6) is -0.653. The van der Waals surface area contributed by atoms with E-state index in [0.29, 0.717) is 24.4 Å². The molecule has 7 heteroatoms. The first-order valence-corrected chi connectivity index (χ1v) is 9.44. The van der Waals surface area contributed by atoms with Crippen molar-refractivity contribution in [1.29, 1.82) is 0 Å². The van der Waals surface area contributed by atoms with E-state index in [2.05, 4.69) is 27.7 Å². The van der Waals surface area contributed by atoms with E-state index in [9.17, 15) is 19.6 Å². The highest BCUT2D eigenvalue weighted by atomic mass is 16.5. The van der Waals surface area contributed by atoms with E-state index in [1.807, 2.05) is 0 Å². The van der Waals surface area contributed by atoms with Gasteiger partial charge in [-0.05, 0) is 24.2 Å². The molecule has 3 atom stereocenters. The topological polar surface area (TPSA) is 81.2 Å². The second-order valence-electron chi connectivity index (χ2n) is 8.74. The molecule has 0 aromatic heterocycles. The minimum absolute atomic E-state index is 0.0222. The highest BCUT2D eigenvalue weighted by Gasteiger charge is 2.46. The van der Waals surface area contributed by atoms with Crippen molar-refractivity contribution >= 4 is 18.2 Å². The van der Waals surface area contributed by atoms with E-state index in [4.69, 9.17) is 0 Å². The minimum atomic E-state index is -0.519. The summed E-state index contributed by atoms with van der Waals surface area (Å²) < 4.78 is 0. The van der Waals surface area contributed by atoms with Gasteiger partial charge in [-0.1, -0.05) is 40.5 Å². The molecule has 1 heterocycles. The molecule has 0 aromatic carbocycles. The number of likely N-dealkylation sites (tertiary alicyclic amines) is 1. The third kappa shape index (κ3) is 5.97. The van der Waals surface area contributed by atoms with E-state index >= 15 is 0 Å². The molecule has 0 aliphatic carbocycles. The van der Waals surface area contributed by atoms with Crippen molar-refractivity contribution in [1.82, 2.24) is 14.9 Å². The Morgan fingerprint density at radius 3 is 2.46 bits per heavy atom. The summed E-state index contributed by atoms with van der Waals surface area (Å²) in [7, 11) is 3.40. The third-order valence-corrected chi connectivity index (χ3v) is 4.94. The van der Waals surface area contributed by atoms with Crippen LogP contribution in [-0.2, 0) is 14.4 Å². The molecule has 1 rings (SSSR count). The summed E-state index contributed by atoms with van der Waals surface area (Å²) in [6, 6.07) is -0.519. The Kier molecular flexibility index (Phi) is 8.06. The number of carbonyl (C=O) groups excluding carboxylic acids is 3. The number of amides is 3. The molecule has 7 nitrogen and oxygen atoms in total. The zero-order valence-corrected chi connectivity index (χ0v) is 17.1. The van der Waals surface area contributed by atoms with Crippen molar-refractivity contribution in [2.45, 2.75) is 59.4 Å².